The van der Waals surface area contributed by atoms with E-state index >= 15 is 0 Å². The van der Waals surface area contributed by atoms with Crippen LogP contribution >= 0.6 is 35.0 Å². The molecule has 1 aliphatic carbocycles. The molecule has 3 rings (SSSR count). The van der Waals surface area contributed by atoms with Gasteiger partial charge in [-0.3, -0.25) is 9.59 Å². The summed E-state index contributed by atoms with van der Waals surface area (Å²) < 4.78 is 5.61. The topological polar surface area (TPSA) is 81.8 Å². The first-order chi connectivity index (χ1) is 12.2. The highest BCUT2D eigenvalue weighted by atomic mass is 35.5. The van der Waals surface area contributed by atoms with Gasteiger partial charge in [0.1, 0.15) is 10.2 Å². The Kier molecular flexibility index (Phi) is 5.19. The molecule has 8 heteroatoms. The van der Waals surface area contributed by atoms with Crippen molar-refractivity contribution in [1.29, 1.82) is 0 Å². The third-order valence-electron chi connectivity index (χ3n) is 4.50. The number of carbonyl (C=O) groups excluding carboxylic acids is 2. The number of ether oxygens (including phenoxy) is 1. The number of nitrogens with zero attached hydrogens (tertiary/aromatic N) is 1. The second-order valence-electron chi connectivity index (χ2n) is 6.64. The lowest BCUT2D eigenvalue weighted by molar-refractivity contribution is -0.136. The Hall–Kier alpha value is -1.76. The van der Waals surface area contributed by atoms with Gasteiger partial charge < -0.3 is 10.5 Å². The summed E-state index contributed by atoms with van der Waals surface area (Å²) in [6.45, 7) is 3.94. The standard InChI is InChI=1S/C18H16Cl2N2O3S/c1-18(2)11(8-13(19)20)14(18)16(24)25-10-5-3-9(4-6-10)7-12-15(23)22-17(21)26-12/h3-8,11,14H,1-2H3,(H2,21,22,23)/b12-7+/t11-,14-/m1/s1. The van der Waals surface area contributed by atoms with E-state index in [1.165, 1.54) is 0 Å². The molecule has 1 saturated carbocycles. The molecule has 1 aromatic rings. The Morgan fingerprint density at radius 2 is 1.96 bits per heavy atom. The largest absolute Gasteiger partial charge is 0.426 e. The van der Waals surface area contributed by atoms with E-state index in [0.717, 1.165) is 17.3 Å². The predicted molar refractivity (Wildman–Crippen MR) is 105 cm³/mol. The predicted octanol–water partition coefficient (Wildman–Crippen LogP) is 4.11. The van der Waals surface area contributed by atoms with Crippen molar-refractivity contribution in [3.63, 3.8) is 0 Å². The lowest BCUT2D eigenvalue weighted by Gasteiger charge is -2.05. The lowest BCUT2D eigenvalue weighted by Crippen LogP contribution is -2.13. The number of esters is 1. The van der Waals surface area contributed by atoms with Crippen LogP contribution in [-0.4, -0.2) is 17.0 Å². The summed E-state index contributed by atoms with van der Waals surface area (Å²) in [7, 11) is 0. The minimum atomic E-state index is -0.351. The maximum atomic E-state index is 12.4. The first-order valence-electron chi connectivity index (χ1n) is 7.81. The number of hydrogen-bond acceptors (Lipinski definition) is 5. The summed E-state index contributed by atoms with van der Waals surface area (Å²) in [5.41, 5.74) is 6.06. The van der Waals surface area contributed by atoms with E-state index in [1.54, 1.807) is 36.4 Å². The van der Waals surface area contributed by atoms with Gasteiger partial charge in [0.15, 0.2) is 5.17 Å². The molecule has 1 aliphatic heterocycles. The van der Waals surface area contributed by atoms with Crippen LogP contribution in [0.4, 0.5) is 0 Å². The van der Waals surface area contributed by atoms with Gasteiger partial charge in [0.25, 0.3) is 5.91 Å². The molecule has 0 bridgehead atoms. The summed E-state index contributed by atoms with van der Waals surface area (Å²) >= 11 is 12.5. The van der Waals surface area contributed by atoms with E-state index < -0.39 is 0 Å². The number of halogens is 2. The smallest absolute Gasteiger partial charge is 0.315 e. The molecular weight excluding hydrogens is 395 g/mol. The molecular formula is C18H16Cl2N2O3S. The van der Waals surface area contributed by atoms with Gasteiger partial charge in [-0.1, -0.05) is 49.2 Å². The van der Waals surface area contributed by atoms with Crippen LogP contribution in [0.3, 0.4) is 0 Å². The van der Waals surface area contributed by atoms with Crippen molar-refractivity contribution in [3.05, 3.63) is 45.3 Å². The number of aliphatic imine (C=N–C) groups is 1. The molecule has 2 N–H and O–H groups in total. The number of amidine groups is 1. The van der Waals surface area contributed by atoms with Gasteiger partial charge in [0, 0.05) is 0 Å². The molecule has 136 valence electrons. The zero-order chi connectivity index (χ0) is 19.1. The quantitative estimate of drug-likeness (QED) is 0.458. The third kappa shape index (κ3) is 3.98. The number of benzene rings is 1. The Labute approximate surface area is 165 Å². The van der Waals surface area contributed by atoms with E-state index in [9.17, 15) is 9.59 Å². The van der Waals surface area contributed by atoms with Gasteiger partial charge in [0.2, 0.25) is 0 Å². The number of nitrogens with two attached hydrogens (primary N) is 1. The second kappa shape index (κ2) is 7.10. The fraction of sp³-hybridized carbons (Fsp3) is 0.278. The summed E-state index contributed by atoms with van der Waals surface area (Å²) in [5, 5.41) is 0.236. The van der Waals surface area contributed by atoms with Crippen LogP contribution in [0.25, 0.3) is 6.08 Å². The number of rotatable bonds is 4. The van der Waals surface area contributed by atoms with Gasteiger partial charge in [-0.15, -0.1) is 0 Å². The van der Waals surface area contributed by atoms with Crippen LogP contribution in [0, 0.1) is 17.3 Å². The third-order valence-corrected chi connectivity index (χ3v) is 5.57. The highest BCUT2D eigenvalue weighted by molar-refractivity contribution is 8.18. The Morgan fingerprint density at radius 3 is 2.50 bits per heavy atom. The minimum absolute atomic E-state index is 0.0418. The highest BCUT2D eigenvalue weighted by Crippen LogP contribution is 2.60. The van der Waals surface area contributed by atoms with Gasteiger partial charge in [0.05, 0.1) is 10.8 Å². The average Bonchev–Trinajstić information content (AvgIpc) is 2.91. The monoisotopic (exact) mass is 410 g/mol. The number of carbonyl (C=O) groups is 2. The highest BCUT2D eigenvalue weighted by Gasteiger charge is 2.61. The number of thioether (sulfide) groups is 1. The molecule has 5 nitrogen and oxygen atoms in total. The number of hydrogen-bond donors (Lipinski definition) is 1. The van der Waals surface area contributed by atoms with Crippen LogP contribution in [0.15, 0.2) is 44.7 Å². The molecule has 0 unspecified atom stereocenters. The zero-order valence-electron chi connectivity index (χ0n) is 14.0. The van der Waals surface area contributed by atoms with Crippen molar-refractivity contribution < 1.29 is 14.3 Å². The molecule has 1 fully saturated rings. The van der Waals surface area contributed by atoms with Gasteiger partial charge in [-0.05, 0) is 52.9 Å². The van der Waals surface area contributed by atoms with Crippen LogP contribution < -0.4 is 10.5 Å². The SMILES string of the molecule is CC1(C)[C@H](C=C(Cl)Cl)[C@@H]1C(=O)Oc1ccc(/C=C2/SC(N)=NC2=O)cc1. The van der Waals surface area contributed by atoms with E-state index in [2.05, 4.69) is 4.99 Å². The molecule has 2 atom stereocenters. The van der Waals surface area contributed by atoms with Crippen molar-refractivity contribution in [3.8, 4) is 5.75 Å². The summed E-state index contributed by atoms with van der Waals surface area (Å²) in [6.07, 6.45) is 3.36. The van der Waals surface area contributed by atoms with Crippen molar-refractivity contribution >= 4 is 58.1 Å². The fourth-order valence-corrected chi connectivity index (χ4v) is 3.92. The average molecular weight is 411 g/mol. The summed E-state index contributed by atoms with van der Waals surface area (Å²) in [6, 6.07) is 6.85. The Balaban J connectivity index is 1.65. The van der Waals surface area contributed by atoms with Crippen molar-refractivity contribution in [1.82, 2.24) is 0 Å². The molecule has 0 radical (unpaired) electrons. The minimum Gasteiger partial charge on any atom is -0.426 e. The molecule has 0 aromatic heterocycles. The Bertz CT molecular complexity index is 856. The van der Waals surface area contributed by atoms with Crippen LogP contribution in [-0.2, 0) is 9.59 Å². The second-order valence-corrected chi connectivity index (χ2v) is 8.71. The van der Waals surface area contributed by atoms with Gasteiger partial charge >= 0.3 is 5.97 Å². The van der Waals surface area contributed by atoms with Crippen molar-refractivity contribution in [2.45, 2.75) is 13.8 Å². The maximum Gasteiger partial charge on any atom is 0.315 e. The Morgan fingerprint density at radius 1 is 1.31 bits per heavy atom. The van der Waals surface area contributed by atoms with E-state index in [4.69, 9.17) is 33.7 Å². The number of allylic oxidation sites excluding steroid dienone is 1. The molecule has 1 heterocycles. The summed E-state index contributed by atoms with van der Waals surface area (Å²) in [4.78, 5) is 28.1. The van der Waals surface area contributed by atoms with Gasteiger partial charge in [-0.2, -0.15) is 4.99 Å². The zero-order valence-corrected chi connectivity index (χ0v) is 16.4. The van der Waals surface area contributed by atoms with Crippen LogP contribution in [0.5, 0.6) is 5.75 Å². The molecule has 2 aliphatic rings. The molecule has 26 heavy (non-hydrogen) atoms. The van der Waals surface area contributed by atoms with E-state index in [1.807, 2.05) is 13.8 Å². The van der Waals surface area contributed by atoms with Crippen molar-refractivity contribution in [2.24, 2.45) is 28.0 Å². The normalized spacial score (nSPS) is 25.0. The maximum absolute atomic E-state index is 12.4. The molecule has 1 amide bonds. The van der Waals surface area contributed by atoms with Crippen LogP contribution in [0.2, 0.25) is 0 Å². The van der Waals surface area contributed by atoms with Crippen molar-refractivity contribution in [2.75, 3.05) is 0 Å². The fourth-order valence-electron chi connectivity index (χ4n) is 2.96. The summed E-state index contributed by atoms with van der Waals surface area (Å²) in [5.74, 6) is -0.569. The van der Waals surface area contributed by atoms with E-state index in [0.29, 0.717) is 10.7 Å². The van der Waals surface area contributed by atoms with Crippen LogP contribution in [0.1, 0.15) is 19.4 Å². The molecule has 1 aromatic carbocycles. The molecule has 0 saturated heterocycles. The van der Waals surface area contributed by atoms with Gasteiger partial charge in [-0.25, -0.2) is 0 Å². The first-order valence-corrected chi connectivity index (χ1v) is 9.38. The van der Waals surface area contributed by atoms with E-state index in [-0.39, 0.29) is 38.8 Å². The lowest BCUT2D eigenvalue weighted by atomic mass is 10.1. The first kappa shape index (κ1) is 19.0. The number of amides is 1. The molecule has 0 spiro atoms.